The van der Waals surface area contributed by atoms with E-state index in [0.717, 1.165) is 5.00 Å². The first kappa shape index (κ1) is 9.61. The summed E-state index contributed by atoms with van der Waals surface area (Å²) in [6.45, 7) is 0. The van der Waals surface area contributed by atoms with E-state index in [1.165, 1.54) is 18.6 Å². The van der Waals surface area contributed by atoms with Gasteiger partial charge in [0.25, 0.3) is 0 Å². The minimum Gasteiger partial charge on any atom is -0.390 e. The van der Waals surface area contributed by atoms with E-state index >= 15 is 0 Å². The molecule has 2 rings (SSSR count). The lowest BCUT2D eigenvalue weighted by Crippen LogP contribution is -1.79. The average Bonchev–Trinajstić information content (AvgIpc) is 2.43. The molecule has 0 saturated heterocycles. The molecule has 0 aliphatic carbocycles. The summed E-state index contributed by atoms with van der Waals surface area (Å²) in [6.07, 6.45) is 2.09. The molecule has 1 heterocycles. The zero-order valence-electron chi connectivity index (χ0n) is 7.00. The van der Waals surface area contributed by atoms with Crippen LogP contribution in [0.1, 0.15) is 0 Å². The summed E-state index contributed by atoms with van der Waals surface area (Å²) in [6, 6.07) is 6.35. The van der Waals surface area contributed by atoms with Crippen molar-refractivity contribution in [3.63, 3.8) is 0 Å². The van der Waals surface area contributed by atoms with Crippen molar-refractivity contribution < 1.29 is 0 Å². The zero-order chi connectivity index (χ0) is 9.42. The quantitative estimate of drug-likeness (QED) is 0.638. The Labute approximate surface area is 98.8 Å². The lowest BCUT2D eigenvalue weighted by Gasteiger charge is -1.96. The van der Waals surface area contributed by atoms with Crippen molar-refractivity contribution in [2.45, 2.75) is 4.90 Å². The molecule has 13 heavy (non-hydrogen) atoms. The van der Waals surface area contributed by atoms with Gasteiger partial charge in [-0.25, -0.2) is 0 Å². The lowest BCUT2D eigenvalue weighted by atomic mass is 10.3. The van der Waals surface area contributed by atoms with Crippen LogP contribution >= 0.6 is 45.7 Å². The van der Waals surface area contributed by atoms with Crippen molar-refractivity contribution >= 4 is 60.8 Å². The van der Waals surface area contributed by atoms with Crippen LogP contribution in [0.5, 0.6) is 0 Å². The first-order chi connectivity index (χ1) is 6.24. The molecule has 0 spiro atoms. The molecule has 1 aromatic carbocycles. The standard InChI is InChI=1S/C9H8INS2/c1-12-6-4-2-3-5-7(10)9(11)13-8(5)6/h2-4H,11H2,1H3. The molecule has 4 heteroatoms. The second-order valence-corrected chi connectivity index (χ2v) is 5.60. The number of thiophene rings is 1. The third kappa shape index (κ3) is 1.55. The maximum absolute atomic E-state index is 5.88. The van der Waals surface area contributed by atoms with Crippen LogP contribution in [0.2, 0.25) is 0 Å². The van der Waals surface area contributed by atoms with Gasteiger partial charge in [0.2, 0.25) is 0 Å². The van der Waals surface area contributed by atoms with E-state index in [0.29, 0.717) is 0 Å². The molecule has 1 aromatic heterocycles. The van der Waals surface area contributed by atoms with Crippen molar-refractivity contribution in [3.8, 4) is 0 Å². The minimum absolute atomic E-state index is 0.928. The molecule has 0 saturated carbocycles. The SMILES string of the molecule is CSc1cccc2c(I)c(N)sc12. The molecule has 0 aliphatic heterocycles. The van der Waals surface area contributed by atoms with Gasteiger partial charge >= 0.3 is 0 Å². The van der Waals surface area contributed by atoms with E-state index in [4.69, 9.17) is 5.73 Å². The van der Waals surface area contributed by atoms with Gasteiger partial charge in [-0.1, -0.05) is 12.1 Å². The number of nitrogens with two attached hydrogens (primary N) is 1. The Morgan fingerprint density at radius 2 is 2.23 bits per heavy atom. The molecule has 0 unspecified atom stereocenters. The highest BCUT2D eigenvalue weighted by Crippen LogP contribution is 2.39. The summed E-state index contributed by atoms with van der Waals surface area (Å²) in [5, 5.41) is 2.21. The summed E-state index contributed by atoms with van der Waals surface area (Å²) < 4.78 is 2.50. The molecule has 2 aromatic rings. The Balaban J connectivity index is 2.84. The Kier molecular flexibility index (Phi) is 2.71. The fourth-order valence-electron chi connectivity index (χ4n) is 1.24. The predicted octanol–water partition coefficient (Wildman–Crippen LogP) is 3.81. The summed E-state index contributed by atoms with van der Waals surface area (Å²) >= 11 is 5.76. The van der Waals surface area contributed by atoms with Crippen LogP contribution in [0.4, 0.5) is 5.00 Å². The van der Waals surface area contributed by atoms with Crippen molar-refractivity contribution in [3.05, 3.63) is 21.8 Å². The van der Waals surface area contributed by atoms with E-state index in [1.807, 2.05) is 0 Å². The minimum atomic E-state index is 0.928. The third-order valence-electron chi connectivity index (χ3n) is 1.86. The van der Waals surface area contributed by atoms with Crippen molar-refractivity contribution in [2.75, 3.05) is 12.0 Å². The lowest BCUT2D eigenvalue weighted by molar-refractivity contribution is 1.59. The van der Waals surface area contributed by atoms with Crippen molar-refractivity contribution in [2.24, 2.45) is 0 Å². The summed E-state index contributed by atoms with van der Waals surface area (Å²) in [7, 11) is 0. The van der Waals surface area contributed by atoms with Crippen LogP contribution in [0.15, 0.2) is 23.1 Å². The van der Waals surface area contributed by atoms with E-state index in [1.54, 1.807) is 23.1 Å². The van der Waals surface area contributed by atoms with Gasteiger partial charge in [-0.15, -0.1) is 23.1 Å². The summed E-state index contributed by atoms with van der Waals surface area (Å²) in [5.74, 6) is 0. The average molecular weight is 321 g/mol. The van der Waals surface area contributed by atoms with E-state index in [2.05, 4.69) is 47.0 Å². The number of thioether (sulfide) groups is 1. The number of fused-ring (bicyclic) bond motifs is 1. The van der Waals surface area contributed by atoms with Crippen LogP contribution in [0, 0.1) is 3.57 Å². The fourth-order valence-corrected chi connectivity index (χ4v) is 3.96. The highest BCUT2D eigenvalue weighted by molar-refractivity contribution is 14.1. The number of benzene rings is 1. The Morgan fingerprint density at radius 1 is 1.46 bits per heavy atom. The summed E-state index contributed by atoms with van der Waals surface area (Å²) in [4.78, 5) is 1.32. The van der Waals surface area contributed by atoms with Gasteiger partial charge in [0.05, 0.1) is 8.27 Å². The van der Waals surface area contributed by atoms with Gasteiger partial charge < -0.3 is 5.73 Å². The normalized spacial score (nSPS) is 10.9. The second kappa shape index (κ2) is 3.67. The molecular formula is C9H8INS2. The molecular weight excluding hydrogens is 313 g/mol. The third-order valence-corrected chi connectivity index (χ3v) is 5.37. The van der Waals surface area contributed by atoms with Crippen LogP contribution < -0.4 is 5.73 Å². The highest BCUT2D eigenvalue weighted by Gasteiger charge is 2.09. The van der Waals surface area contributed by atoms with Crippen molar-refractivity contribution in [1.82, 2.24) is 0 Å². The van der Waals surface area contributed by atoms with E-state index in [-0.39, 0.29) is 0 Å². The molecule has 0 amide bonds. The van der Waals surface area contributed by atoms with Crippen molar-refractivity contribution in [1.29, 1.82) is 0 Å². The van der Waals surface area contributed by atoms with E-state index < -0.39 is 0 Å². The smallest absolute Gasteiger partial charge is 0.100 e. The van der Waals surface area contributed by atoms with Crippen LogP contribution in [-0.2, 0) is 0 Å². The molecule has 0 bridgehead atoms. The maximum Gasteiger partial charge on any atom is 0.100 e. The molecule has 0 fully saturated rings. The second-order valence-electron chi connectivity index (χ2n) is 2.62. The number of rotatable bonds is 1. The zero-order valence-corrected chi connectivity index (χ0v) is 10.8. The number of anilines is 1. The van der Waals surface area contributed by atoms with Crippen LogP contribution in [0.3, 0.4) is 0 Å². The van der Waals surface area contributed by atoms with Gasteiger partial charge in [-0.3, -0.25) is 0 Å². The van der Waals surface area contributed by atoms with Gasteiger partial charge in [-0.2, -0.15) is 0 Å². The maximum atomic E-state index is 5.88. The molecule has 0 aliphatic rings. The first-order valence-electron chi connectivity index (χ1n) is 3.74. The molecule has 0 radical (unpaired) electrons. The Bertz CT molecular complexity index is 450. The van der Waals surface area contributed by atoms with Gasteiger partial charge in [0.1, 0.15) is 5.00 Å². The molecule has 2 N–H and O–H groups in total. The monoisotopic (exact) mass is 321 g/mol. The van der Waals surface area contributed by atoms with E-state index in [9.17, 15) is 0 Å². The fraction of sp³-hybridized carbons (Fsp3) is 0.111. The largest absolute Gasteiger partial charge is 0.390 e. The summed E-state index contributed by atoms with van der Waals surface area (Å²) in [5.41, 5.74) is 5.88. The first-order valence-corrected chi connectivity index (χ1v) is 6.86. The Hall–Kier alpha value is 0.0600. The van der Waals surface area contributed by atoms with Crippen LogP contribution in [-0.4, -0.2) is 6.26 Å². The molecule has 68 valence electrons. The van der Waals surface area contributed by atoms with Gasteiger partial charge in [0.15, 0.2) is 0 Å². The molecule has 1 nitrogen and oxygen atoms in total. The number of halogens is 1. The highest BCUT2D eigenvalue weighted by atomic mass is 127. The van der Waals surface area contributed by atoms with Gasteiger partial charge in [0, 0.05) is 10.3 Å². The topological polar surface area (TPSA) is 26.0 Å². The number of hydrogen-bond donors (Lipinski definition) is 1. The van der Waals surface area contributed by atoms with Crippen LogP contribution in [0.25, 0.3) is 10.1 Å². The Morgan fingerprint density at radius 3 is 2.92 bits per heavy atom. The number of hydrogen-bond acceptors (Lipinski definition) is 3. The van der Waals surface area contributed by atoms with Gasteiger partial charge in [-0.05, 0) is 34.9 Å². The molecule has 0 atom stereocenters. The number of nitrogen functional groups attached to an aromatic ring is 1. The predicted molar refractivity (Wildman–Crippen MR) is 70.7 cm³/mol.